The molecular weight excluding hydrogens is 701 g/mol. The number of halogens is 3. The molecule has 288 valence electrons. The molecule has 0 spiro atoms. The lowest BCUT2D eigenvalue weighted by atomic mass is 10.0. The van der Waals surface area contributed by atoms with Crippen molar-refractivity contribution in [1.82, 2.24) is 24.6 Å². The van der Waals surface area contributed by atoms with Crippen LogP contribution in [0.4, 0.5) is 36.2 Å². The lowest BCUT2D eigenvalue weighted by molar-refractivity contribution is -0.199. The Hall–Kier alpha value is -5.18. The van der Waals surface area contributed by atoms with Crippen molar-refractivity contribution in [2.75, 3.05) is 56.4 Å². The van der Waals surface area contributed by atoms with Crippen LogP contribution >= 0.6 is 0 Å². The number of anilines is 4. The van der Waals surface area contributed by atoms with Crippen LogP contribution in [0.1, 0.15) is 65.9 Å². The normalized spacial score (nSPS) is 14.6. The number of hydrogen-bond acceptors (Lipinski definition) is 10. The number of hydrogen-bond donors (Lipinski definition) is 2. The average molecular weight is 749 g/mol. The highest BCUT2D eigenvalue weighted by Crippen LogP contribution is 2.37. The molecule has 2 aromatic carbocycles. The number of nitrogens with zero attached hydrogens (tertiary/aromatic N) is 6. The second-order valence-corrected chi connectivity index (χ2v) is 13.8. The van der Waals surface area contributed by atoms with Crippen molar-refractivity contribution < 1.29 is 32.2 Å². The summed E-state index contributed by atoms with van der Waals surface area (Å²) in [5, 5.41) is 11.0. The van der Waals surface area contributed by atoms with Gasteiger partial charge in [0.1, 0.15) is 12.4 Å². The monoisotopic (exact) mass is 748 g/mol. The van der Waals surface area contributed by atoms with Crippen LogP contribution in [0.15, 0.2) is 42.6 Å². The molecule has 54 heavy (non-hydrogen) atoms. The van der Waals surface area contributed by atoms with Crippen LogP contribution in [0.5, 0.6) is 5.75 Å². The minimum Gasteiger partial charge on any atom is -0.494 e. The first kappa shape index (κ1) is 38.5. The zero-order valence-electron chi connectivity index (χ0n) is 31.3. The predicted octanol–water partition coefficient (Wildman–Crippen LogP) is 6.59. The summed E-state index contributed by atoms with van der Waals surface area (Å²) in [6, 6.07) is 12.4. The van der Waals surface area contributed by atoms with Crippen LogP contribution in [0.2, 0.25) is 0 Å². The van der Waals surface area contributed by atoms with Gasteiger partial charge in [0.05, 0.1) is 30.7 Å². The molecule has 2 aromatic heterocycles. The molecule has 0 bridgehead atoms. The molecular formula is C39H47F3N8O4. The molecule has 0 radical (unpaired) electrons. The first-order chi connectivity index (χ1) is 25.9. The third-order valence-corrected chi connectivity index (χ3v) is 10.2. The van der Waals surface area contributed by atoms with Crippen molar-refractivity contribution >= 4 is 34.9 Å². The van der Waals surface area contributed by atoms with Crippen LogP contribution in [0.3, 0.4) is 0 Å². The van der Waals surface area contributed by atoms with Gasteiger partial charge in [-0.2, -0.15) is 18.3 Å². The highest BCUT2D eigenvalue weighted by atomic mass is 19.4. The molecule has 1 aliphatic heterocycles. The number of piperidine rings is 1. The van der Waals surface area contributed by atoms with Crippen molar-refractivity contribution in [3.8, 4) is 17.1 Å². The highest BCUT2D eigenvalue weighted by Gasteiger charge is 2.41. The Balaban J connectivity index is 1.34. The second kappa shape index (κ2) is 16.5. The molecule has 12 nitrogen and oxygen atoms in total. The van der Waals surface area contributed by atoms with Crippen LogP contribution < -0.4 is 20.3 Å². The predicted molar refractivity (Wildman–Crippen MR) is 201 cm³/mol. The zero-order chi connectivity index (χ0) is 38.6. The molecule has 3 heterocycles. The van der Waals surface area contributed by atoms with Crippen LogP contribution in [-0.4, -0.2) is 89.6 Å². The first-order valence-electron chi connectivity index (χ1n) is 18.4. The largest absolute Gasteiger partial charge is 0.494 e. The number of amides is 1. The van der Waals surface area contributed by atoms with Gasteiger partial charge in [0.25, 0.3) is 5.91 Å². The maximum absolute atomic E-state index is 14.1. The minimum absolute atomic E-state index is 0.132. The Kier molecular flexibility index (Phi) is 11.7. The molecule has 0 atom stereocenters. The van der Waals surface area contributed by atoms with Crippen LogP contribution in [-0.2, 0) is 41.8 Å². The fourth-order valence-electron chi connectivity index (χ4n) is 7.28. The van der Waals surface area contributed by atoms with Gasteiger partial charge in [0, 0.05) is 48.3 Å². The van der Waals surface area contributed by atoms with E-state index in [2.05, 4.69) is 49.3 Å². The van der Waals surface area contributed by atoms with E-state index >= 15 is 0 Å². The molecule has 1 saturated heterocycles. The van der Waals surface area contributed by atoms with E-state index in [0.29, 0.717) is 66.5 Å². The van der Waals surface area contributed by atoms with E-state index in [1.165, 1.54) is 4.68 Å². The summed E-state index contributed by atoms with van der Waals surface area (Å²) >= 11 is 0. The van der Waals surface area contributed by atoms with Gasteiger partial charge < -0.3 is 29.9 Å². The lowest BCUT2D eigenvalue weighted by Gasteiger charge is -2.36. The smallest absolute Gasteiger partial charge is 0.490 e. The number of aromatic nitrogens is 4. The first-order valence-corrected chi connectivity index (χ1v) is 18.4. The summed E-state index contributed by atoms with van der Waals surface area (Å²) < 4.78 is 50.7. The molecule has 0 unspecified atom stereocenters. The number of ether oxygens (including phenoxy) is 2. The Labute approximate surface area is 313 Å². The molecule has 4 aromatic rings. The number of nitrogens with one attached hydrogen (secondary N) is 2. The number of esters is 1. The topological polar surface area (TPSA) is 127 Å². The number of para-hydroxylation sites is 1. The van der Waals surface area contributed by atoms with Gasteiger partial charge in [0.15, 0.2) is 5.69 Å². The number of carbonyl (C=O) groups excluding carboxylic acids is 2. The molecule has 2 aliphatic rings. The van der Waals surface area contributed by atoms with Crippen molar-refractivity contribution in [1.29, 1.82) is 0 Å². The van der Waals surface area contributed by atoms with E-state index in [0.717, 1.165) is 54.0 Å². The third-order valence-electron chi connectivity index (χ3n) is 10.2. The Bertz CT molecular complexity index is 1970. The van der Waals surface area contributed by atoms with E-state index in [-0.39, 0.29) is 18.2 Å². The van der Waals surface area contributed by atoms with E-state index in [9.17, 15) is 22.8 Å². The Morgan fingerprint density at radius 3 is 2.41 bits per heavy atom. The SMILES string of the molecule is CCc1cccc(CC)c1NC(=O)c1nn(CCOC(=O)C(F)(F)F)c2c1CCCc1cnc(Nc3ccc(N4CCC(N(C)C)CC4)cc3OC)nc1-2. The lowest BCUT2D eigenvalue weighted by Crippen LogP contribution is -2.41. The van der Waals surface area contributed by atoms with E-state index in [1.807, 2.05) is 50.2 Å². The van der Waals surface area contributed by atoms with Gasteiger partial charge in [-0.05, 0) is 87.9 Å². The number of alkyl halides is 3. The summed E-state index contributed by atoms with van der Waals surface area (Å²) in [4.78, 5) is 39.7. The number of fused-ring (bicyclic) bond motifs is 3. The third kappa shape index (κ3) is 8.30. The van der Waals surface area contributed by atoms with Crippen molar-refractivity contribution in [3.05, 3.63) is 70.5 Å². The van der Waals surface area contributed by atoms with Crippen LogP contribution in [0.25, 0.3) is 11.4 Å². The van der Waals surface area contributed by atoms with Crippen molar-refractivity contribution in [2.24, 2.45) is 0 Å². The van der Waals surface area contributed by atoms with Gasteiger partial charge >= 0.3 is 12.1 Å². The van der Waals surface area contributed by atoms with Gasteiger partial charge in [-0.3, -0.25) is 9.48 Å². The minimum atomic E-state index is -5.14. The van der Waals surface area contributed by atoms with E-state index in [1.54, 1.807) is 13.3 Å². The van der Waals surface area contributed by atoms with Crippen molar-refractivity contribution in [3.63, 3.8) is 0 Å². The molecule has 2 N–H and O–H groups in total. The Morgan fingerprint density at radius 1 is 1.04 bits per heavy atom. The number of benzene rings is 2. The van der Waals surface area contributed by atoms with Crippen LogP contribution in [0, 0.1) is 0 Å². The van der Waals surface area contributed by atoms with Gasteiger partial charge in [-0.25, -0.2) is 14.8 Å². The second-order valence-electron chi connectivity index (χ2n) is 13.8. The van der Waals surface area contributed by atoms with Gasteiger partial charge in [-0.15, -0.1) is 0 Å². The van der Waals surface area contributed by atoms with E-state index < -0.39 is 24.7 Å². The van der Waals surface area contributed by atoms with Crippen molar-refractivity contribution in [2.45, 2.75) is 77.6 Å². The van der Waals surface area contributed by atoms with E-state index in [4.69, 9.17) is 9.72 Å². The average Bonchev–Trinajstić information content (AvgIpc) is 3.41. The number of aryl methyl sites for hydroxylation is 3. The van der Waals surface area contributed by atoms with Gasteiger partial charge in [0.2, 0.25) is 5.95 Å². The maximum atomic E-state index is 14.1. The summed E-state index contributed by atoms with van der Waals surface area (Å²) in [5.74, 6) is -1.88. The fourth-order valence-corrected chi connectivity index (χ4v) is 7.28. The number of carbonyl (C=O) groups is 2. The standard InChI is InChI=1S/C39H47F3N8O4/c1-6-24-10-8-11-25(7-2)32(24)45-36(51)34-29-13-9-12-26-23-43-38(46-33(26)35(29)50(47-34)20-21-54-37(52)39(40,41)42)44-30-15-14-28(22-31(30)53-5)49-18-16-27(17-19-49)48(3)4/h8,10-11,14-15,22-23,27H,6-7,9,12-13,16-21H2,1-5H3,(H,45,51)(H,43,44,46). The quantitative estimate of drug-likeness (QED) is 0.153. The summed E-state index contributed by atoms with van der Waals surface area (Å²) in [6.45, 7) is 5.03. The molecule has 1 fully saturated rings. The molecule has 6 rings (SSSR count). The highest BCUT2D eigenvalue weighted by molar-refractivity contribution is 6.05. The fraction of sp³-hybridized carbons (Fsp3) is 0.462. The molecule has 1 amide bonds. The summed E-state index contributed by atoms with van der Waals surface area (Å²) in [7, 11) is 5.83. The Morgan fingerprint density at radius 2 is 1.76 bits per heavy atom. The molecule has 1 aliphatic carbocycles. The summed E-state index contributed by atoms with van der Waals surface area (Å²) in [5.41, 5.74) is 6.82. The summed E-state index contributed by atoms with van der Waals surface area (Å²) in [6.07, 6.45) is 1.80. The van der Waals surface area contributed by atoms with Gasteiger partial charge in [-0.1, -0.05) is 32.0 Å². The number of rotatable bonds is 12. The zero-order valence-corrected chi connectivity index (χ0v) is 31.3. The molecule has 0 saturated carbocycles. The maximum Gasteiger partial charge on any atom is 0.490 e. The number of methoxy groups -OCH3 is 1. The molecule has 15 heteroatoms.